The van der Waals surface area contributed by atoms with Crippen LogP contribution in [0.3, 0.4) is 0 Å². The Morgan fingerprint density at radius 3 is 2.56 bits per heavy atom. The minimum atomic E-state index is -1.50. The van der Waals surface area contributed by atoms with Crippen LogP contribution in [-0.2, 0) is 23.8 Å². The summed E-state index contributed by atoms with van der Waals surface area (Å²) in [5.74, 6) is -0.339. The lowest BCUT2D eigenvalue weighted by Crippen LogP contribution is -2.59. The monoisotopic (exact) mass is 606 g/mol. The Bertz CT molecular complexity index is 1140. The quantitative estimate of drug-likeness (QED) is 0.289. The van der Waals surface area contributed by atoms with E-state index in [0.29, 0.717) is 31.6 Å². The zero-order chi connectivity index (χ0) is 31.1. The lowest BCUT2D eigenvalue weighted by Gasteiger charge is -2.57. The van der Waals surface area contributed by atoms with Crippen molar-refractivity contribution in [1.29, 1.82) is 0 Å². The van der Waals surface area contributed by atoms with Gasteiger partial charge < -0.3 is 39.7 Å². The van der Waals surface area contributed by atoms with Crippen molar-refractivity contribution in [2.24, 2.45) is 46.3 Å². The van der Waals surface area contributed by atoms with E-state index in [1.54, 1.807) is 0 Å². The van der Waals surface area contributed by atoms with E-state index in [1.165, 1.54) is 5.57 Å². The number of aliphatic hydroxyl groups excluding tert-OH is 4. The van der Waals surface area contributed by atoms with Crippen molar-refractivity contribution >= 4 is 11.6 Å². The van der Waals surface area contributed by atoms with Gasteiger partial charge >= 0.3 is 0 Å². The zero-order valence-electron chi connectivity index (χ0n) is 25.9. The molecule has 0 unspecified atom stereocenters. The number of rotatable bonds is 7. The molecule has 2 aliphatic heterocycles. The molecule has 0 aromatic rings. The first-order chi connectivity index (χ1) is 20.2. The Morgan fingerprint density at radius 1 is 1.09 bits per heavy atom. The van der Waals surface area contributed by atoms with Gasteiger partial charge in [-0.3, -0.25) is 9.59 Å². The molecule has 5 N–H and O–H groups in total. The number of hydrogen-bond donors (Lipinski definition) is 5. The van der Waals surface area contributed by atoms with Gasteiger partial charge in [0, 0.05) is 36.5 Å². The summed E-state index contributed by atoms with van der Waals surface area (Å²) < 4.78 is 17.6. The lowest BCUT2D eigenvalue weighted by molar-refractivity contribution is -0.303. The highest BCUT2D eigenvalue weighted by atomic mass is 16.7. The summed E-state index contributed by atoms with van der Waals surface area (Å²) in [4.78, 5) is 26.3. The summed E-state index contributed by atoms with van der Waals surface area (Å²) in [6.45, 7) is 8.01. The fourth-order valence-electron chi connectivity index (χ4n) is 10.2. The SMILES string of the molecule is C[C@H](CC[C@]1(O)O[C@H]2C[C@H]3[C@@H]4CCC5=CC(=O)CC[C@]5(C)[C@H]4CC(=O)[C@]3(C)[C@H]2[C@@H]1C)CO[C@@H]1O[C@H](CO)[C@@H](O)[C@H](O)[C@H]1O. The van der Waals surface area contributed by atoms with E-state index in [1.807, 2.05) is 19.9 Å². The van der Waals surface area contributed by atoms with Gasteiger partial charge in [0.15, 0.2) is 17.9 Å². The summed E-state index contributed by atoms with van der Waals surface area (Å²) in [7, 11) is 0. The standard InChI is InChI=1S/C33H50O10/c1-16(15-41-30-29(39)28(38)27(37)24(14-34)42-30)7-10-33(40)17(2)26-23(43-33)12-22-20-6-5-18-11-19(35)8-9-31(18,3)21(20)13-25(36)32(22,26)4/h11,16-17,20-24,26-30,34,37-40H,5-10,12-15H2,1-4H3/t16-,17+,20-,21+,22+,23+,24-,26+,27-,28+,29-,30-,31+,32-,33+/m1/s1. The molecule has 6 aliphatic rings. The Kier molecular flexibility index (Phi) is 8.28. The van der Waals surface area contributed by atoms with E-state index < -0.39 is 48.5 Å². The Balaban J connectivity index is 1.09. The normalized spacial score (nSPS) is 51.7. The van der Waals surface area contributed by atoms with Gasteiger partial charge in [0.1, 0.15) is 30.2 Å². The van der Waals surface area contributed by atoms with Crippen molar-refractivity contribution in [3.63, 3.8) is 0 Å². The predicted octanol–water partition coefficient (Wildman–Crippen LogP) is 1.88. The maximum atomic E-state index is 14.1. The number of ether oxygens (including phenoxy) is 3. The first-order valence-electron chi connectivity index (χ1n) is 16.3. The molecule has 43 heavy (non-hydrogen) atoms. The number of aliphatic hydroxyl groups is 5. The fraction of sp³-hybridized carbons (Fsp3) is 0.879. The highest BCUT2D eigenvalue weighted by Crippen LogP contribution is 2.69. The maximum absolute atomic E-state index is 14.1. The van der Waals surface area contributed by atoms with Crippen LogP contribution in [0, 0.1) is 46.3 Å². The molecule has 2 saturated heterocycles. The number of carbonyl (C=O) groups is 2. The molecule has 0 spiro atoms. The Hall–Kier alpha value is -1.24. The molecule has 242 valence electrons. The molecular formula is C33H50O10. The molecule has 6 rings (SSSR count). The highest BCUT2D eigenvalue weighted by Gasteiger charge is 2.70. The van der Waals surface area contributed by atoms with Crippen LogP contribution in [0.15, 0.2) is 11.6 Å². The molecule has 15 atom stereocenters. The molecule has 0 aromatic heterocycles. The highest BCUT2D eigenvalue weighted by molar-refractivity contribution is 5.92. The molecule has 3 saturated carbocycles. The second kappa shape index (κ2) is 11.2. The summed E-state index contributed by atoms with van der Waals surface area (Å²) >= 11 is 0. The van der Waals surface area contributed by atoms with Gasteiger partial charge in [0.25, 0.3) is 0 Å². The van der Waals surface area contributed by atoms with Crippen molar-refractivity contribution in [2.45, 2.75) is 122 Å². The second-order valence-electron chi connectivity index (χ2n) is 15.1. The topological polar surface area (TPSA) is 163 Å². The van der Waals surface area contributed by atoms with Crippen molar-refractivity contribution < 1.29 is 49.3 Å². The van der Waals surface area contributed by atoms with Gasteiger partial charge in [-0.15, -0.1) is 0 Å². The van der Waals surface area contributed by atoms with Crippen LogP contribution in [0.4, 0.5) is 0 Å². The molecule has 0 amide bonds. The summed E-state index contributed by atoms with van der Waals surface area (Å²) in [5.41, 5.74) is 0.602. The number of ketones is 2. The second-order valence-corrected chi connectivity index (χ2v) is 15.1. The van der Waals surface area contributed by atoms with E-state index in [9.17, 15) is 35.1 Å². The first kappa shape index (κ1) is 31.7. The van der Waals surface area contributed by atoms with Crippen molar-refractivity contribution in [1.82, 2.24) is 0 Å². The third-order valence-electron chi connectivity index (χ3n) is 12.9. The van der Waals surface area contributed by atoms with Gasteiger partial charge in [-0.1, -0.05) is 33.3 Å². The largest absolute Gasteiger partial charge is 0.394 e. The third-order valence-corrected chi connectivity index (χ3v) is 12.9. The molecular weight excluding hydrogens is 556 g/mol. The van der Waals surface area contributed by atoms with Crippen LogP contribution < -0.4 is 0 Å². The first-order valence-corrected chi connectivity index (χ1v) is 16.3. The summed E-state index contributed by atoms with van der Waals surface area (Å²) in [6.07, 6.45) is 0.584. The van der Waals surface area contributed by atoms with Crippen LogP contribution >= 0.6 is 0 Å². The van der Waals surface area contributed by atoms with Crippen molar-refractivity contribution in [3.8, 4) is 0 Å². The number of Topliss-reactive ketones (excluding diaryl/α,β-unsaturated/α-hetero) is 1. The number of fused-ring (bicyclic) bond motifs is 7. The number of carbonyl (C=O) groups excluding carboxylic acids is 2. The van der Waals surface area contributed by atoms with Crippen LogP contribution in [0.25, 0.3) is 0 Å². The Morgan fingerprint density at radius 2 is 1.84 bits per heavy atom. The molecule has 10 heteroatoms. The molecule has 2 heterocycles. The van der Waals surface area contributed by atoms with Gasteiger partial charge in [0.05, 0.1) is 19.3 Å². The average Bonchev–Trinajstić information content (AvgIpc) is 3.41. The Labute approximate surface area is 253 Å². The van der Waals surface area contributed by atoms with Gasteiger partial charge in [-0.2, -0.15) is 0 Å². The molecule has 0 aromatic carbocycles. The third kappa shape index (κ3) is 4.90. The average molecular weight is 607 g/mol. The molecule has 0 bridgehead atoms. The molecule has 5 fully saturated rings. The zero-order valence-corrected chi connectivity index (χ0v) is 25.9. The van der Waals surface area contributed by atoms with Crippen molar-refractivity contribution in [3.05, 3.63) is 11.6 Å². The van der Waals surface area contributed by atoms with Crippen LogP contribution in [-0.4, -0.2) is 92.9 Å². The summed E-state index contributed by atoms with van der Waals surface area (Å²) in [6, 6.07) is 0. The number of hydrogen-bond acceptors (Lipinski definition) is 10. The fourth-order valence-corrected chi connectivity index (χ4v) is 10.2. The minimum Gasteiger partial charge on any atom is -0.394 e. The van der Waals surface area contributed by atoms with E-state index in [4.69, 9.17) is 14.2 Å². The molecule has 4 aliphatic carbocycles. The van der Waals surface area contributed by atoms with Gasteiger partial charge in [-0.25, -0.2) is 0 Å². The predicted molar refractivity (Wildman–Crippen MR) is 153 cm³/mol. The van der Waals surface area contributed by atoms with Crippen LogP contribution in [0.2, 0.25) is 0 Å². The molecule has 0 radical (unpaired) electrons. The number of allylic oxidation sites excluding steroid dienone is 1. The molecule has 10 nitrogen and oxygen atoms in total. The minimum absolute atomic E-state index is 0.0550. The van der Waals surface area contributed by atoms with E-state index in [0.717, 1.165) is 25.7 Å². The van der Waals surface area contributed by atoms with E-state index in [2.05, 4.69) is 13.8 Å². The van der Waals surface area contributed by atoms with Gasteiger partial charge in [0.2, 0.25) is 0 Å². The lowest BCUT2D eigenvalue weighted by atomic mass is 9.46. The smallest absolute Gasteiger partial charge is 0.186 e. The maximum Gasteiger partial charge on any atom is 0.186 e. The van der Waals surface area contributed by atoms with Crippen molar-refractivity contribution in [2.75, 3.05) is 13.2 Å². The summed E-state index contributed by atoms with van der Waals surface area (Å²) in [5, 5.41) is 51.4. The van der Waals surface area contributed by atoms with Crippen LogP contribution in [0.1, 0.15) is 79.1 Å². The van der Waals surface area contributed by atoms with E-state index >= 15 is 0 Å². The van der Waals surface area contributed by atoms with Gasteiger partial charge in [-0.05, 0) is 67.3 Å². The van der Waals surface area contributed by atoms with Crippen LogP contribution in [0.5, 0.6) is 0 Å². The van der Waals surface area contributed by atoms with E-state index in [-0.39, 0.29) is 59.3 Å².